The summed E-state index contributed by atoms with van der Waals surface area (Å²) < 4.78 is 0. The first-order valence-corrected chi connectivity index (χ1v) is 10.4. The fourth-order valence-corrected chi connectivity index (χ4v) is 4.65. The Morgan fingerprint density at radius 3 is 2.83 bits per heavy atom. The van der Waals surface area contributed by atoms with Crippen molar-refractivity contribution in [3.63, 3.8) is 0 Å². The van der Waals surface area contributed by atoms with E-state index < -0.39 is 0 Å². The summed E-state index contributed by atoms with van der Waals surface area (Å²) >= 11 is 0. The van der Waals surface area contributed by atoms with Gasteiger partial charge >= 0.3 is 0 Å². The van der Waals surface area contributed by atoms with E-state index in [1.165, 1.54) is 12.0 Å². The van der Waals surface area contributed by atoms with Crippen LogP contribution in [-0.2, 0) is 0 Å². The minimum Gasteiger partial charge on any atom is -0.335 e. The van der Waals surface area contributed by atoms with Crippen molar-refractivity contribution < 1.29 is 0 Å². The molecule has 1 aliphatic heterocycles. The predicted molar refractivity (Wildman–Crippen MR) is 113 cm³/mol. The maximum Gasteiger partial charge on any atom is 0.159 e. The van der Waals surface area contributed by atoms with Crippen LogP contribution >= 0.6 is 0 Å². The zero-order chi connectivity index (χ0) is 19.2. The number of pyridine rings is 2. The van der Waals surface area contributed by atoms with Crippen molar-refractivity contribution in [2.45, 2.75) is 38.0 Å². The van der Waals surface area contributed by atoms with E-state index in [4.69, 9.17) is 9.97 Å². The Morgan fingerprint density at radius 2 is 1.97 bits per heavy atom. The minimum atomic E-state index is 0.504. The van der Waals surface area contributed by atoms with Gasteiger partial charge < -0.3 is 10.3 Å². The number of imidazole rings is 1. The molecule has 4 aromatic rings. The number of rotatable bonds is 3. The fraction of sp³-hybridized carbons (Fsp3) is 0.364. The second kappa shape index (κ2) is 6.77. The third-order valence-electron chi connectivity index (χ3n) is 6.23. The Bertz CT molecular complexity index is 1230. The van der Waals surface area contributed by atoms with E-state index in [-0.39, 0.29) is 0 Å². The molecule has 0 unspecified atom stereocenters. The number of H-pyrrole nitrogens is 2. The van der Waals surface area contributed by atoms with Crippen molar-refractivity contribution in [1.29, 1.82) is 0 Å². The summed E-state index contributed by atoms with van der Waals surface area (Å²) in [6, 6.07) is 2.19. The van der Waals surface area contributed by atoms with E-state index in [2.05, 4.69) is 37.6 Å². The third-order valence-corrected chi connectivity index (χ3v) is 6.23. The van der Waals surface area contributed by atoms with Crippen LogP contribution < -0.4 is 5.32 Å². The molecule has 29 heavy (non-hydrogen) atoms. The third kappa shape index (κ3) is 2.84. The van der Waals surface area contributed by atoms with E-state index in [1.807, 2.05) is 18.6 Å². The molecular formula is C22H23N7. The topological polar surface area (TPSA) is 95.2 Å². The second-order valence-electron chi connectivity index (χ2n) is 8.04. The smallest absolute Gasteiger partial charge is 0.159 e. The molecule has 4 aromatic heterocycles. The van der Waals surface area contributed by atoms with Gasteiger partial charge in [0.15, 0.2) is 5.82 Å². The lowest BCUT2D eigenvalue weighted by Crippen LogP contribution is -2.27. The maximum atomic E-state index is 4.94. The number of hydrogen-bond donors (Lipinski definition) is 3. The zero-order valence-corrected chi connectivity index (χ0v) is 16.2. The summed E-state index contributed by atoms with van der Waals surface area (Å²) in [5.74, 6) is 1.28. The van der Waals surface area contributed by atoms with Crippen molar-refractivity contribution in [2.75, 3.05) is 13.1 Å². The SMILES string of the molecule is C1=C(c2cncc3[nH]c(-c4n[nH]c5cnc(C6CCNCC6)cc45)nc23)CCC1. The molecule has 5 heterocycles. The van der Waals surface area contributed by atoms with E-state index in [0.29, 0.717) is 5.92 Å². The van der Waals surface area contributed by atoms with Crippen LogP contribution in [0.3, 0.4) is 0 Å². The molecular weight excluding hydrogens is 362 g/mol. The Morgan fingerprint density at radius 1 is 1.03 bits per heavy atom. The average Bonchev–Trinajstić information content (AvgIpc) is 3.52. The Kier molecular flexibility index (Phi) is 3.94. The minimum absolute atomic E-state index is 0.504. The number of aromatic amines is 2. The lowest BCUT2D eigenvalue weighted by molar-refractivity contribution is 0.453. The summed E-state index contributed by atoms with van der Waals surface area (Å²) in [5, 5.41) is 12.2. The highest BCUT2D eigenvalue weighted by atomic mass is 15.1. The van der Waals surface area contributed by atoms with E-state index >= 15 is 0 Å². The Labute approximate surface area is 168 Å². The van der Waals surface area contributed by atoms with Gasteiger partial charge in [0.05, 0.1) is 28.9 Å². The molecule has 0 spiro atoms. The van der Waals surface area contributed by atoms with Crippen LogP contribution in [0.2, 0.25) is 0 Å². The first-order chi connectivity index (χ1) is 14.4. The van der Waals surface area contributed by atoms with Crippen LogP contribution in [0.15, 0.2) is 30.7 Å². The maximum absolute atomic E-state index is 4.94. The second-order valence-corrected chi connectivity index (χ2v) is 8.04. The average molecular weight is 385 g/mol. The van der Waals surface area contributed by atoms with Crippen molar-refractivity contribution in [1.82, 2.24) is 35.5 Å². The van der Waals surface area contributed by atoms with Gasteiger partial charge in [-0.25, -0.2) is 4.98 Å². The number of nitrogens with one attached hydrogen (secondary N) is 3. The molecule has 2 aliphatic rings. The van der Waals surface area contributed by atoms with E-state index in [0.717, 1.165) is 83.5 Å². The monoisotopic (exact) mass is 385 g/mol. The van der Waals surface area contributed by atoms with Crippen molar-refractivity contribution >= 4 is 27.5 Å². The molecule has 3 N–H and O–H groups in total. The number of allylic oxidation sites excluding steroid dienone is 2. The predicted octanol–water partition coefficient (Wildman–Crippen LogP) is 3.93. The molecule has 0 amide bonds. The molecule has 146 valence electrons. The number of aromatic nitrogens is 6. The summed E-state index contributed by atoms with van der Waals surface area (Å²) in [5.41, 5.74) is 7.36. The van der Waals surface area contributed by atoms with Crippen LogP contribution in [0.1, 0.15) is 49.3 Å². The van der Waals surface area contributed by atoms with Gasteiger partial charge in [-0.1, -0.05) is 6.08 Å². The van der Waals surface area contributed by atoms with Crippen LogP contribution in [0.4, 0.5) is 0 Å². The van der Waals surface area contributed by atoms with Gasteiger partial charge in [-0.15, -0.1) is 0 Å². The summed E-state index contributed by atoms with van der Waals surface area (Å²) in [6.07, 6.45) is 13.7. The number of hydrogen-bond acceptors (Lipinski definition) is 5. The van der Waals surface area contributed by atoms with Crippen molar-refractivity contribution in [3.05, 3.63) is 42.0 Å². The first kappa shape index (κ1) is 16.9. The Hall–Kier alpha value is -3.06. The molecule has 7 nitrogen and oxygen atoms in total. The summed E-state index contributed by atoms with van der Waals surface area (Å²) in [6.45, 7) is 2.11. The highest BCUT2D eigenvalue weighted by Crippen LogP contribution is 2.34. The summed E-state index contributed by atoms with van der Waals surface area (Å²) in [4.78, 5) is 17.5. The lowest BCUT2D eigenvalue weighted by atomic mass is 9.93. The van der Waals surface area contributed by atoms with Gasteiger partial charge in [-0.05, 0) is 56.8 Å². The molecule has 6 rings (SSSR count). The highest BCUT2D eigenvalue weighted by molar-refractivity contribution is 5.95. The Balaban J connectivity index is 1.46. The summed E-state index contributed by atoms with van der Waals surface area (Å²) in [7, 11) is 0. The molecule has 0 radical (unpaired) electrons. The van der Waals surface area contributed by atoms with Gasteiger partial charge in [-0.3, -0.25) is 15.1 Å². The van der Waals surface area contributed by atoms with Crippen LogP contribution in [-0.4, -0.2) is 43.2 Å². The fourth-order valence-electron chi connectivity index (χ4n) is 4.65. The molecule has 1 saturated heterocycles. The van der Waals surface area contributed by atoms with Gasteiger partial charge in [0.2, 0.25) is 0 Å². The molecule has 0 atom stereocenters. The lowest BCUT2D eigenvalue weighted by Gasteiger charge is -2.21. The van der Waals surface area contributed by atoms with Crippen molar-refractivity contribution in [3.8, 4) is 11.5 Å². The van der Waals surface area contributed by atoms with Gasteiger partial charge in [0, 0.05) is 28.8 Å². The normalized spacial score (nSPS) is 18.0. The van der Waals surface area contributed by atoms with Crippen LogP contribution in [0.5, 0.6) is 0 Å². The molecule has 0 aromatic carbocycles. The molecule has 1 fully saturated rings. The van der Waals surface area contributed by atoms with E-state index in [1.54, 1.807) is 0 Å². The van der Waals surface area contributed by atoms with Gasteiger partial charge in [0.25, 0.3) is 0 Å². The van der Waals surface area contributed by atoms with E-state index in [9.17, 15) is 0 Å². The molecule has 7 heteroatoms. The van der Waals surface area contributed by atoms with Crippen LogP contribution in [0, 0.1) is 0 Å². The number of fused-ring (bicyclic) bond motifs is 2. The zero-order valence-electron chi connectivity index (χ0n) is 16.2. The number of piperidine rings is 1. The quantitative estimate of drug-likeness (QED) is 0.497. The standard InChI is InChI=1S/C22H23N7/c1-2-4-13(3-1)16-10-24-11-19-20(16)27-22(26-19)21-15-9-17(14-5-7-23-8-6-14)25-12-18(15)28-29-21/h3,9-12,14,23H,1-2,4-8H2,(H,26,27)(H,28,29). The number of nitrogens with zero attached hydrogens (tertiary/aromatic N) is 4. The van der Waals surface area contributed by atoms with Crippen LogP contribution in [0.25, 0.3) is 39.0 Å². The highest BCUT2D eigenvalue weighted by Gasteiger charge is 2.20. The van der Waals surface area contributed by atoms with Crippen molar-refractivity contribution in [2.24, 2.45) is 0 Å². The largest absolute Gasteiger partial charge is 0.335 e. The van der Waals surface area contributed by atoms with Gasteiger partial charge in [-0.2, -0.15) is 5.10 Å². The molecule has 0 saturated carbocycles. The van der Waals surface area contributed by atoms with Gasteiger partial charge in [0.1, 0.15) is 5.69 Å². The molecule has 0 bridgehead atoms. The molecule has 1 aliphatic carbocycles. The first-order valence-electron chi connectivity index (χ1n) is 10.4.